The predicted octanol–water partition coefficient (Wildman–Crippen LogP) is 4.69. The van der Waals surface area contributed by atoms with Gasteiger partial charge in [-0.3, -0.25) is 4.79 Å². The monoisotopic (exact) mass is 293 g/mol. The second-order valence-corrected chi connectivity index (χ2v) is 6.62. The molecule has 0 amide bonds. The summed E-state index contributed by atoms with van der Waals surface area (Å²) < 4.78 is 0. The maximum Gasteiger partial charge on any atom is 0.150 e. The van der Waals surface area contributed by atoms with Gasteiger partial charge < -0.3 is 0 Å². The number of pyridine rings is 1. The summed E-state index contributed by atoms with van der Waals surface area (Å²) in [6.45, 7) is 2.07. The molecule has 2 atom stereocenters. The van der Waals surface area contributed by atoms with Gasteiger partial charge in [0.1, 0.15) is 11.1 Å². The van der Waals surface area contributed by atoms with Crippen molar-refractivity contribution in [2.24, 2.45) is 0 Å². The van der Waals surface area contributed by atoms with Crippen molar-refractivity contribution in [1.29, 1.82) is 0 Å². The van der Waals surface area contributed by atoms with Gasteiger partial charge in [0.2, 0.25) is 0 Å². The van der Waals surface area contributed by atoms with E-state index in [9.17, 15) is 4.79 Å². The molecular weight excluding hydrogens is 278 g/mol. The van der Waals surface area contributed by atoms with Gasteiger partial charge in [0.05, 0.1) is 0 Å². The van der Waals surface area contributed by atoms with Crippen LogP contribution in [0.25, 0.3) is 10.2 Å². The van der Waals surface area contributed by atoms with Gasteiger partial charge in [-0.05, 0) is 53.8 Å². The van der Waals surface area contributed by atoms with Crippen molar-refractivity contribution in [1.82, 2.24) is 4.98 Å². The second-order valence-electron chi connectivity index (χ2n) is 5.73. The average Bonchev–Trinajstić information content (AvgIpc) is 3.16. The van der Waals surface area contributed by atoms with E-state index in [0.29, 0.717) is 11.8 Å². The lowest BCUT2D eigenvalue weighted by Gasteiger charge is -2.05. The smallest absolute Gasteiger partial charge is 0.150 e. The summed E-state index contributed by atoms with van der Waals surface area (Å²) in [4.78, 5) is 16.5. The maximum atomic E-state index is 10.7. The van der Waals surface area contributed by atoms with Crippen LogP contribution in [-0.4, -0.2) is 11.3 Å². The summed E-state index contributed by atoms with van der Waals surface area (Å²) in [6, 6.07) is 12.4. The summed E-state index contributed by atoms with van der Waals surface area (Å²) >= 11 is 1.71. The van der Waals surface area contributed by atoms with Gasteiger partial charge in [-0.2, -0.15) is 0 Å². The van der Waals surface area contributed by atoms with E-state index in [1.807, 2.05) is 12.1 Å². The second kappa shape index (κ2) is 4.78. The number of fused-ring (bicyclic) bond motifs is 1. The molecule has 0 radical (unpaired) electrons. The first kappa shape index (κ1) is 12.7. The van der Waals surface area contributed by atoms with Gasteiger partial charge in [-0.15, -0.1) is 11.3 Å². The molecule has 21 heavy (non-hydrogen) atoms. The van der Waals surface area contributed by atoms with Crippen molar-refractivity contribution in [3.8, 4) is 0 Å². The molecule has 0 saturated heterocycles. The zero-order valence-electron chi connectivity index (χ0n) is 11.7. The number of hydrogen-bond donors (Lipinski definition) is 0. The Bertz CT molecular complexity index is 819. The topological polar surface area (TPSA) is 30.0 Å². The molecule has 0 N–H and O–H groups in total. The van der Waals surface area contributed by atoms with Crippen LogP contribution in [-0.2, 0) is 0 Å². The van der Waals surface area contributed by atoms with E-state index in [1.54, 1.807) is 11.3 Å². The van der Waals surface area contributed by atoms with Gasteiger partial charge in [0.15, 0.2) is 0 Å². The summed E-state index contributed by atoms with van der Waals surface area (Å²) in [7, 11) is 0. The van der Waals surface area contributed by atoms with Gasteiger partial charge in [0.25, 0.3) is 0 Å². The third-order valence-corrected chi connectivity index (χ3v) is 5.10. The largest absolute Gasteiger partial charge is 0.298 e. The average molecular weight is 293 g/mol. The third kappa shape index (κ3) is 2.18. The summed E-state index contributed by atoms with van der Waals surface area (Å²) in [5, 5.41) is 3.43. The van der Waals surface area contributed by atoms with Gasteiger partial charge in [0, 0.05) is 16.6 Å². The highest BCUT2D eigenvalue weighted by molar-refractivity contribution is 7.16. The Balaban J connectivity index is 1.68. The van der Waals surface area contributed by atoms with Crippen molar-refractivity contribution >= 4 is 27.8 Å². The lowest BCUT2D eigenvalue weighted by atomic mass is 10.0. The van der Waals surface area contributed by atoms with E-state index in [-0.39, 0.29) is 0 Å². The maximum absolute atomic E-state index is 10.7. The number of rotatable bonds is 3. The fourth-order valence-electron chi connectivity index (χ4n) is 3.14. The first-order valence-corrected chi connectivity index (χ1v) is 8.04. The highest BCUT2D eigenvalue weighted by atomic mass is 32.1. The minimum absolute atomic E-state index is 0.579. The normalized spacial score (nSPS) is 20.6. The molecule has 0 aliphatic heterocycles. The van der Waals surface area contributed by atoms with Crippen LogP contribution in [0.4, 0.5) is 0 Å². The zero-order valence-corrected chi connectivity index (χ0v) is 12.6. The quantitative estimate of drug-likeness (QED) is 0.656. The Labute approximate surface area is 127 Å². The Morgan fingerprint density at radius 1 is 1.19 bits per heavy atom. The minimum atomic E-state index is 0.579. The summed E-state index contributed by atoms with van der Waals surface area (Å²) in [5.41, 5.74) is 4.62. The summed E-state index contributed by atoms with van der Waals surface area (Å²) in [6.07, 6.45) is 2.09. The molecule has 2 aromatic heterocycles. The molecule has 104 valence electrons. The van der Waals surface area contributed by atoms with Gasteiger partial charge in [-0.1, -0.05) is 24.3 Å². The molecule has 2 unspecified atom stereocenters. The van der Waals surface area contributed by atoms with Gasteiger partial charge in [-0.25, -0.2) is 4.98 Å². The number of thiophene rings is 1. The van der Waals surface area contributed by atoms with E-state index < -0.39 is 0 Å². The van der Waals surface area contributed by atoms with Crippen molar-refractivity contribution in [3.05, 3.63) is 64.2 Å². The van der Waals surface area contributed by atoms with Crippen LogP contribution in [0.5, 0.6) is 0 Å². The molecule has 1 aliphatic rings. The first-order valence-electron chi connectivity index (χ1n) is 7.16. The van der Waals surface area contributed by atoms with Crippen LogP contribution >= 0.6 is 11.3 Å². The summed E-state index contributed by atoms with van der Waals surface area (Å²) in [5.74, 6) is 1.17. The molecule has 2 nitrogen and oxygen atoms in total. The molecule has 1 fully saturated rings. The molecule has 3 aromatic rings. The molecule has 1 saturated carbocycles. The van der Waals surface area contributed by atoms with Crippen molar-refractivity contribution < 1.29 is 4.79 Å². The molecule has 1 aliphatic carbocycles. The molecular formula is C18H15NOS. The van der Waals surface area contributed by atoms with E-state index in [2.05, 4.69) is 41.6 Å². The van der Waals surface area contributed by atoms with Gasteiger partial charge >= 0.3 is 0 Å². The van der Waals surface area contributed by atoms with Crippen molar-refractivity contribution in [3.63, 3.8) is 0 Å². The van der Waals surface area contributed by atoms with E-state index in [4.69, 9.17) is 0 Å². The highest BCUT2D eigenvalue weighted by Crippen LogP contribution is 2.56. The Morgan fingerprint density at radius 2 is 2.00 bits per heavy atom. The standard InChI is InChI=1S/C18H15NOS/c1-11-8-16(14-6-7-21-18(14)19-11)17-9-15(17)13-4-2-12(10-20)3-5-13/h2-8,10,15,17H,9H2,1H3. The SMILES string of the molecule is Cc1cc(C2CC2c2ccc(C=O)cc2)c2ccsc2n1. The Morgan fingerprint density at radius 3 is 2.76 bits per heavy atom. The molecule has 0 spiro atoms. The highest BCUT2D eigenvalue weighted by Gasteiger charge is 2.40. The lowest BCUT2D eigenvalue weighted by Crippen LogP contribution is -1.90. The van der Waals surface area contributed by atoms with Crippen LogP contribution in [0, 0.1) is 6.92 Å². The number of aromatic nitrogens is 1. The number of benzene rings is 1. The predicted molar refractivity (Wildman–Crippen MR) is 86.3 cm³/mol. The minimum Gasteiger partial charge on any atom is -0.298 e. The van der Waals surface area contributed by atoms with E-state index in [0.717, 1.165) is 22.4 Å². The molecule has 2 heterocycles. The van der Waals surface area contributed by atoms with E-state index >= 15 is 0 Å². The third-order valence-electron chi connectivity index (χ3n) is 4.29. The molecule has 0 bridgehead atoms. The molecule has 3 heteroatoms. The number of aldehydes is 1. The zero-order chi connectivity index (χ0) is 14.4. The van der Waals surface area contributed by atoms with Crippen LogP contribution in [0.15, 0.2) is 41.8 Å². The number of carbonyl (C=O) groups excluding carboxylic acids is 1. The van der Waals surface area contributed by atoms with Crippen LogP contribution in [0.3, 0.4) is 0 Å². The van der Waals surface area contributed by atoms with Crippen molar-refractivity contribution in [2.45, 2.75) is 25.2 Å². The first-order chi connectivity index (χ1) is 10.3. The number of carbonyl (C=O) groups is 1. The Hall–Kier alpha value is -2.00. The Kier molecular flexibility index (Phi) is 2.89. The fraction of sp³-hybridized carbons (Fsp3) is 0.222. The number of nitrogens with zero attached hydrogens (tertiary/aromatic N) is 1. The van der Waals surface area contributed by atoms with E-state index in [1.165, 1.54) is 22.9 Å². The number of hydrogen-bond acceptors (Lipinski definition) is 3. The molecule has 4 rings (SSSR count). The van der Waals surface area contributed by atoms with Crippen molar-refractivity contribution in [2.75, 3.05) is 0 Å². The lowest BCUT2D eigenvalue weighted by molar-refractivity contribution is 0.112. The van der Waals surface area contributed by atoms with Crippen LogP contribution in [0.2, 0.25) is 0 Å². The number of aryl methyl sites for hydroxylation is 1. The fourth-order valence-corrected chi connectivity index (χ4v) is 3.98. The van der Waals surface area contributed by atoms with Crippen LogP contribution < -0.4 is 0 Å². The van der Waals surface area contributed by atoms with Crippen LogP contribution in [0.1, 0.15) is 45.4 Å². The molecule has 1 aromatic carbocycles.